The minimum absolute atomic E-state index is 0.103. The van der Waals surface area contributed by atoms with Crippen LogP contribution in [0, 0.1) is 5.92 Å². The Morgan fingerprint density at radius 3 is 2.53 bits per heavy atom. The van der Waals surface area contributed by atoms with Crippen molar-refractivity contribution >= 4 is 21.8 Å². The lowest BCUT2D eigenvalue weighted by Gasteiger charge is -2.35. The summed E-state index contributed by atoms with van der Waals surface area (Å²) in [5, 5.41) is 0. The molecule has 1 aliphatic heterocycles. The van der Waals surface area contributed by atoms with E-state index in [1.165, 1.54) is 0 Å². The van der Waals surface area contributed by atoms with Crippen LogP contribution in [0.1, 0.15) is 37.6 Å². The second-order valence-corrected chi connectivity index (χ2v) is 6.43. The lowest BCUT2D eigenvalue weighted by atomic mass is 10.0. The Morgan fingerprint density at radius 1 is 1.26 bits per heavy atom. The maximum atomic E-state index is 12.4. The Hall–Kier alpha value is -1.56. The Morgan fingerprint density at radius 2 is 1.89 bits per heavy atom. The third-order valence-corrected chi connectivity index (χ3v) is 5.19. The minimum atomic E-state index is -3.81. The number of nitrogens with one attached hydrogen (secondary N) is 1. The number of hydrogen-bond donors (Lipinski definition) is 1. The van der Waals surface area contributed by atoms with Crippen LogP contribution >= 0.6 is 0 Å². The number of nitrogens with zero attached hydrogens (tertiary/aromatic N) is 1. The topological polar surface area (TPSA) is 66.5 Å². The molecule has 0 radical (unpaired) electrons. The summed E-state index contributed by atoms with van der Waals surface area (Å²) in [5.74, 6) is -0.354. The zero-order valence-electron chi connectivity index (χ0n) is 11.3. The van der Waals surface area contributed by atoms with Crippen molar-refractivity contribution in [1.29, 1.82) is 0 Å². The van der Waals surface area contributed by atoms with Crippen LogP contribution < -0.4 is 4.72 Å². The van der Waals surface area contributed by atoms with Gasteiger partial charge in [-0.3, -0.25) is 9.52 Å². The smallest absolute Gasteiger partial charge is 0.268 e. The molecular weight excluding hydrogens is 264 g/mol. The van der Waals surface area contributed by atoms with Gasteiger partial charge in [0.1, 0.15) is 0 Å². The molecule has 2 unspecified atom stereocenters. The minimum Gasteiger partial charge on any atom is -0.268 e. The Balaban J connectivity index is 2.49. The first-order chi connectivity index (χ1) is 8.88. The highest BCUT2D eigenvalue weighted by atomic mass is 32.2. The Bertz CT molecular complexity index is 598. The number of fused-ring (bicyclic) bond motifs is 1. The van der Waals surface area contributed by atoms with Gasteiger partial charge in [-0.2, -0.15) is 8.42 Å². The van der Waals surface area contributed by atoms with E-state index in [-0.39, 0.29) is 12.0 Å². The highest BCUT2D eigenvalue weighted by molar-refractivity contribution is 7.91. The summed E-state index contributed by atoms with van der Waals surface area (Å²) in [6.45, 7) is 5.68. The average molecular weight is 282 g/mol. The van der Waals surface area contributed by atoms with E-state index in [0.717, 1.165) is 10.7 Å². The SMILES string of the molecule is CCC(C)C(C)N1C(=O)c2ccccc2NS1(=O)=O. The molecule has 0 saturated heterocycles. The largest absolute Gasteiger partial charge is 0.326 e. The Kier molecular flexibility index (Phi) is 3.54. The first-order valence-corrected chi connectivity index (χ1v) is 7.78. The van der Waals surface area contributed by atoms with Crippen LogP contribution in [0.25, 0.3) is 0 Å². The lowest BCUT2D eigenvalue weighted by molar-refractivity contribution is 0.0797. The van der Waals surface area contributed by atoms with Crippen LogP contribution in [0.15, 0.2) is 24.3 Å². The van der Waals surface area contributed by atoms with Crippen LogP contribution in [0.5, 0.6) is 0 Å². The van der Waals surface area contributed by atoms with Crippen molar-refractivity contribution in [2.24, 2.45) is 5.92 Å². The van der Waals surface area contributed by atoms with E-state index >= 15 is 0 Å². The van der Waals surface area contributed by atoms with Crippen LogP contribution in [0.4, 0.5) is 5.69 Å². The Labute approximate surface area is 113 Å². The summed E-state index contributed by atoms with van der Waals surface area (Å²) >= 11 is 0. The number of rotatable bonds is 3. The monoisotopic (exact) mass is 282 g/mol. The first-order valence-electron chi connectivity index (χ1n) is 6.34. The summed E-state index contributed by atoms with van der Waals surface area (Å²) in [5.41, 5.74) is 0.743. The molecule has 5 nitrogen and oxygen atoms in total. The van der Waals surface area contributed by atoms with Crippen LogP contribution in [0.3, 0.4) is 0 Å². The summed E-state index contributed by atoms with van der Waals surface area (Å²) in [7, 11) is -3.81. The molecule has 1 heterocycles. The van der Waals surface area contributed by atoms with Gasteiger partial charge in [0.2, 0.25) is 0 Å². The predicted molar refractivity (Wildman–Crippen MR) is 74.1 cm³/mol. The van der Waals surface area contributed by atoms with Crippen molar-refractivity contribution in [2.75, 3.05) is 4.72 Å². The number of benzene rings is 1. The van der Waals surface area contributed by atoms with E-state index in [4.69, 9.17) is 0 Å². The van der Waals surface area contributed by atoms with Gasteiger partial charge in [-0.1, -0.05) is 32.4 Å². The van der Waals surface area contributed by atoms with Gasteiger partial charge >= 0.3 is 10.2 Å². The van der Waals surface area contributed by atoms with Gasteiger partial charge in [0.05, 0.1) is 11.3 Å². The molecule has 2 atom stereocenters. The molecule has 0 fully saturated rings. The predicted octanol–water partition coefficient (Wildman–Crippen LogP) is 2.23. The first kappa shape index (κ1) is 13.9. The van der Waals surface area contributed by atoms with E-state index < -0.39 is 16.1 Å². The van der Waals surface area contributed by atoms with Crippen molar-refractivity contribution in [3.63, 3.8) is 0 Å². The molecule has 19 heavy (non-hydrogen) atoms. The van der Waals surface area contributed by atoms with Crippen molar-refractivity contribution in [3.05, 3.63) is 29.8 Å². The quantitative estimate of drug-likeness (QED) is 0.924. The van der Waals surface area contributed by atoms with E-state index in [1.54, 1.807) is 31.2 Å². The molecular formula is C13H18N2O3S. The fourth-order valence-electron chi connectivity index (χ4n) is 2.15. The van der Waals surface area contributed by atoms with Crippen LogP contribution in [0.2, 0.25) is 0 Å². The summed E-state index contributed by atoms with van der Waals surface area (Å²) in [4.78, 5) is 12.4. The number of carbonyl (C=O) groups is 1. The molecule has 1 N–H and O–H groups in total. The van der Waals surface area contributed by atoms with Crippen molar-refractivity contribution in [1.82, 2.24) is 4.31 Å². The fraction of sp³-hybridized carbons (Fsp3) is 0.462. The number of amides is 1. The molecule has 0 aliphatic carbocycles. The highest BCUT2D eigenvalue weighted by Crippen LogP contribution is 2.29. The van der Waals surface area contributed by atoms with E-state index in [9.17, 15) is 13.2 Å². The molecule has 104 valence electrons. The second kappa shape index (κ2) is 4.85. The molecule has 1 aliphatic rings. The molecule has 1 aromatic rings. The van der Waals surface area contributed by atoms with Gasteiger partial charge in [-0.05, 0) is 25.0 Å². The van der Waals surface area contributed by atoms with E-state index in [2.05, 4.69) is 4.72 Å². The van der Waals surface area contributed by atoms with E-state index in [0.29, 0.717) is 11.3 Å². The van der Waals surface area contributed by atoms with Gasteiger partial charge in [0, 0.05) is 6.04 Å². The van der Waals surface area contributed by atoms with Gasteiger partial charge < -0.3 is 0 Å². The van der Waals surface area contributed by atoms with Gasteiger partial charge in [0.15, 0.2) is 0 Å². The zero-order chi connectivity index (χ0) is 14.2. The number of para-hydroxylation sites is 1. The van der Waals surface area contributed by atoms with Crippen LogP contribution in [-0.4, -0.2) is 24.7 Å². The molecule has 0 spiro atoms. The molecule has 1 amide bonds. The molecule has 2 rings (SSSR count). The van der Waals surface area contributed by atoms with Crippen molar-refractivity contribution in [2.45, 2.75) is 33.2 Å². The second-order valence-electron chi connectivity index (χ2n) is 4.88. The third kappa shape index (κ3) is 2.32. The van der Waals surface area contributed by atoms with E-state index in [1.807, 2.05) is 13.8 Å². The number of anilines is 1. The van der Waals surface area contributed by atoms with Crippen molar-refractivity contribution in [3.8, 4) is 0 Å². The third-order valence-electron chi connectivity index (χ3n) is 3.69. The maximum absolute atomic E-state index is 12.4. The fourth-order valence-corrected chi connectivity index (χ4v) is 3.67. The lowest BCUT2D eigenvalue weighted by Crippen LogP contribution is -2.51. The summed E-state index contributed by atoms with van der Waals surface area (Å²) in [6.07, 6.45) is 0.808. The van der Waals surface area contributed by atoms with Crippen LogP contribution in [-0.2, 0) is 10.2 Å². The number of carbonyl (C=O) groups excluding carboxylic acids is 1. The van der Waals surface area contributed by atoms with Gasteiger partial charge in [0.25, 0.3) is 5.91 Å². The summed E-state index contributed by atoms with van der Waals surface area (Å²) in [6, 6.07) is 6.28. The normalized spacial score (nSPS) is 20.4. The molecule has 1 aromatic carbocycles. The maximum Gasteiger partial charge on any atom is 0.326 e. The molecule has 0 bridgehead atoms. The number of hydrogen-bond acceptors (Lipinski definition) is 3. The van der Waals surface area contributed by atoms with Crippen molar-refractivity contribution < 1.29 is 13.2 Å². The zero-order valence-corrected chi connectivity index (χ0v) is 12.1. The van der Waals surface area contributed by atoms with Gasteiger partial charge in [-0.25, -0.2) is 4.31 Å². The average Bonchev–Trinajstić information content (AvgIpc) is 2.36. The standard InChI is InChI=1S/C13H18N2O3S/c1-4-9(2)10(3)15-13(16)11-7-5-6-8-12(11)14-19(15,17)18/h5-10,14H,4H2,1-3H3. The molecule has 0 aromatic heterocycles. The molecule has 0 saturated carbocycles. The van der Waals surface area contributed by atoms with Gasteiger partial charge in [-0.15, -0.1) is 0 Å². The summed E-state index contributed by atoms with van der Waals surface area (Å²) < 4.78 is 27.8. The molecule has 6 heteroatoms. The highest BCUT2D eigenvalue weighted by Gasteiger charge is 2.39.